The molecule has 0 aliphatic heterocycles. The molecule has 0 saturated heterocycles. The highest BCUT2D eigenvalue weighted by atomic mass is 15.1. The zero-order valence-corrected chi connectivity index (χ0v) is 7.25. The third-order valence-corrected chi connectivity index (χ3v) is 1.71. The lowest BCUT2D eigenvalue weighted by Crippen LogP contribution is -2.01. The Morgan fingerprint density at radius 2 is 2.50 bits per heavy atom. The Kier molecular flexibility index (Phi) is 2.76. The van der Waals surface area contributed by atoms with E-state index in [0.717, 1.165) is 18.5 Å². The van der Waals surface area contributed by atoms with Crippen molar-refractivity contribution in [2.24, 2.45) is 0 Å². The summed E-state index contributed by atoms with van der Waals surface area (Å²) >= 11 is 0. The summed E-state index contributed by atoms with van der Waals surface area (Å²) in [5.41, 5.74) is 6.73. The van der Waals surface area contributed by atoms with Crippen LogP contribution in [0.5, 0.6) is 0 Å². The number of hydrogen-bond donors (Lipinski definition) is 1. The van der Waals surface area contributed by atoms with Gasteiger partial charge in [-0.2, -0.15) is 0 Å². The minimum absolute atomic E-state index is 0.503. The monoisotopic (exact) mass is 163 g/mol. The molecule has 0 saturated carbocycles. The van der Waals surface area contributed by atoms with Gasteiger partial charge in [0.1, 0.15) is 5.82 Å². The van der Waals surface area contributed by atoms with Gasteiger partial charge in [-0.15, -0.1) is 6.42 Å². The summed E-state index contributed by atoms with van der Waals surface area (Å²) in [7, 11) is 0. The maximum absolute atomic E-state index is 5.78. The lowest BCUT2D eigenvalue weighted by Gasteiger charge is -1.99. The molecule has 12 heavy (non-hydrogen) atoms. The minimum atomic E-state index is 0.503. The van der Waals surface area contributed by atoms with Crippen LogP contribution in [0.2, 0.25) is 0 Å². The van der Waals surface area contributed by atoms with Gasteiger partial charge in [-0.3, -0.25) is 0 Å². The summed E-state index contributed by atoms with van der Waals surface area (Å²) in [5, 5.41) is 0. The Balaban J connectivity index is 2.82. The van der Waals surface area contributed by atoms with Crippen LogP contribution in [0.1, 0.15) is 19.0 Å². The molecular formula is C9H13N3. The van der Waals surface area contributed by atoms with Crippen molar-refractivity contribution in [3.05, 3.63) is 12.0 Å². The number of terminal acetylenes is 1. The molecule has 64 valence electrons. The molecule has 0 fully saturated rings. The first-order valence-electron chi connectivity index (χ1n) is 4.02. The molecule has 0 aliphatic carbocycles. The van der Waals surface area contributed by atoms with Crippen molar-refractivity contribution in [1.29, 1.82) is 0 Å². The second-order valence-corrected chi connectivity index (χ2v) is 2.66. The van der Waals surface area contributed by atoms with Crippen LogP contribution >= 0.6 is 0 Å². The third-order valence-electron chi connectivity index (χ3n) is 1.71. The van der Waals surface area contributed by atoms with Gasteiger partial charge < -0.3 is 10.3 Å². The van der Waals surface area contributed by atoms with Crippen molar-refractivity contribution < 1.29 is 0 Å². The number of anilines is 1. The van der Waals surface area contributed by atoms with Crippen molar-refractivity contribution in [3.8, 4) is 12.3 Å². The average molecular weight is 163 g/mol. The van der Waals surface area contributed by atoms with Crippen LogP contribution < -0.4 is 5.73 Å². The molecule has 2 N–H and O–H groups in total. The van der Waals surface area contributed by atoms with Gasteiger partial charge in [0.05, 0.1) is 18.6 Å². The largest absolute Gasteiger partial charge is 0.384 e. The van der Waals surface area contributed by atoms with E-state index in [2.05, 4.69) is 17.8 Å². The second kappa shape index (κ2) is 3.82. The van der Waals surface area contributed by atoms with Crippen LogP contribution in [0, 0.1) is 12.3 Å². The maximum atomic E-state index is 5.78. The van der Waals surface area contributed by atoms with Gasteiger partial charge in [-0.25, -0.2) is 4.98 Å². The molecule has 3 heteroatoms. The number of nitrogens with two attached hydrogens (primary N) is 1. The van der Waals surface area contributed by atoms with Gasteiger partial charge in [0.2, 0.25) is 0 Å². The molecule has 1 aromatic heterocycles. The second-order valence-electron chi connectivity index (χ2n) is 2.66. The fourth-order valence-corrected chi connectivity index (χ4v) is 1.09. The van der Waals surface area contributed by atoms with E-state index in [4.69, 9.17) is 12.2 Å². The Morgan fingerprint density at radius 3 is 3.08 bits per heavy atom. The number of nitrogens with zero attached hydrogens (tertiary/aromatic N) is 2. The Bertz CT molecular complexity index is 293. The predicted octanol–water partition coefficient (Wildman–Crippen LogP) is 1.05. The van der Waals surface area contributed by atoms with Gasteiger partial charge >= 0.3 is 0 Å². The van der Waals surface area contributed by atoms with E-state index in [1.165, 1.54) is 0 Å². The van der Waals surface area contributed by atoms with Crippen molar-refractivity contribution in [3.63, 3.8) is 0 Å². The topological polar surface area (TPSA) is 43.8 Å². The number of aryl methyl sites for hydroxylation is 1. The van der Waals surface area contributed by atoms with Gasteiger partial charge in [-0.1, -0.05) is 19.3 Å². The summed E-state index contributed by atoms with van der Waals surface area (Å²) in [6.45, 7) is 2.60. The number of rotatable bonds is 3. The quantitative estimate of drug-likeness (QED) is 0.677. The number of hydrogen-bond acceptors (Lipinski definition) is 2. The molecule has 1 aromatic rings. The van der Waals surface area contributed by atoms with E-state index < -0.39 is 0 Å². The van der Waals surface area contributed by atoms with Crippen LogP contribution in [0.15, 0.2) is 6.33 Å². The lowest BCUT2D eigenvalue weighted by molar-refractivity contribution is 0.849. The highest BCUT2D eigenvalue weighted by Gasteiger charge is 2.04. The summed E-state index contributed by atoms with van der Waals surface area (Å²) in [5.74, 6) is 3.23. The van der Waals surface area contributed by atoms with Crippen molar-refractivity contribution in [1.82, 2.24) is 9.55 Å². The van der Waals surface area contributed by atoms with Gasteiger partial charge in [0.25, 0.3) is 0 Å². The zero-order valence-electron chi connectivity index (χ0n) is 7.25. The normalized spacial score (nSPS) is 9.67. The molecule has 0 atom stereocenters. The highest BCUT2D eigenvalue weighted by Crippen LogP contribution is 2.11. The van der Waals surface area contributed by atoms with E-state index in [-0.39, 0.29) is 0 Å². The van der Waals surface area contributed by atoms with Gasteiger partial charge in [0, 0.05) is 0 Å². The molecule has 1 heterocycles. The van der Waals surface area contributed by atoms with Crippen LogP contribution in [0.3, 0.4) is 0 Å². The van der Waals surface area contributed by atoms with Crippen molar-refractivity contribution in [2.45, 2.75) is 26.3 Å². The van der Waals surface area contributed by atoms with Gasteiger partial charge in [0.15, 0.2) is 0 Å². The maximum Gasteiger partial charge on any atom is 0.127 e. The van der Waals surface area contributed by atoms with Crippen LogP contribution in [-0.4, -0.2) is 9.55 Å². The Labute approximate surface area is 72.6 Å². The van der Waals surface area contributed by atoms with E-state index in [1.54, 1.807) is 10.9 Å². The molecule has 0 aromatic carbocycles. The Hall–Kier alpha value is -1.43. The molecule has 0 unspecified atom stereocenters. The lowest BCUT2D eigenvalue weighted by atomic mass is 10.2. The van der Waals surface area contributed by atoms with Gasteiger partial charge in [-0.05, 0) is 6.42 Å². The van der Waals surface area contributed by atoms with Crippen molar-refractivity contribution >= 4 is 5.82 Å². The molecule has 0 radical (unpaired) electrons. The van der Waals surface area contributed by atoms with Crippen LogP contribution in [-0.2, 0) is 13.0 Å². The van der Waals surface area contributed by atoms with Crippen molar-refractivity contribution in [2.75, 3.05) is 5.73 Å². The standard InChI is InChI=1S/C9H13N3/c1-3-5-8-9(10)12(6-4-2)7-11-8/h2,7H,3,5-6,10H2,1H3. The minimum Gasteiger partial charge on any atom is -0.384 e. The fraction of sp³-hybridized carbons (Fsp3) is 0.444. The van der Waals surface area contributed by atoms with E-state index >= 15 is 0 Å². The first kappa shape index (κ1) is 8.66. The first-order valence-corrected chi connectivity index (χ1v) is 4.02. The average Bonchev–Trinajstić information content (AvgIpc) is 2.38. The molecule has 0 spiro atoms. The van der Waals surface area contributed by atoms with E-state index in [9.17, 15) is 0 Å². The number of aromatic nitrogens is 2. The summed E-state index contributed by atoms with van der Waals surface area (Å²) in [4.78, 5) is 4.17. The number of imidazole rings is 1. The SMILES string of the molecule is C#CCn1cnc(CCC)c1N. The zero-order chi connectivity index (χ0) is 8.97. The summed E-state index contributed by atoms with van der Waals surface area (Å²) in [6, 6.07) is 0. The smallest absolute Gasteiger partial charge is 0.127 e. The summed E-state index contributed by atoms with van der Waals surface area (Å²) < 4.78 is 1.78. The third kappa shape index (κ3) is 1.59. The highest BCUT2D eigenvalue weighted by molar-refractivity contribution is 5.36. The molecule has 0 bridgehead atoms. The fourth-order valence-electron chi connectivity index (χ4n) is 1.09. The first-order chi connectivity index (χ1) is 5.79. The van der Waals surface area contributed by atoms with Crippen LogP contribution in [0.4, 0.5) is 5.82 Å². The summed E-state index contributed by atoms with van der Waals surface area (Å²) in [6.07, 6.45) is 8.83. The molecule has 0 aliphatic rings. The molecule has 1 rings (SSSR count). The molecule has 3 nitrogen and oxygen atoms in total. The molecular weight excluding hydrogens is 150 g/mol. The Morgan fingerprint density at radius 1 is 1.75 bits per heavy atom. The van der Waals surface area contributed by atoms with E-state index in [1.807, 2.05) is 0 Å². The van der Waals surface area contributed by atoms with E-state index in [0.29, 0.717) is 12.4 Å². The molecule has 0 amide bonds. The van der Waals surface area contributed by atoms with Crippen LogP contribution in [0.25, 0.3) is 0 Å². The number of nitrogen functional groups attached to an aromatic ring is 1. The predicted molar refractivity (Wildman–Crippen MR) is 49.5 cm³/mol.